The highest BCUT2D eigenvalue weighted by molar-refractivity contribution is 6.24. The monoisotopic (exact) mass is 1100 g/mol. The normalized spacial score (nSPS) is 12.0. The van der Waals surface area contributed by atoms with Gasteiger partial charge in [-0.2, -0.15) is 0 Å². The van der Waals surface area contributed by atoms with Crippen molar-refractivity contribution in [2.45, 2.75) is 0 Å². The molecule has 0 aliphatic rings. The van der Waals surface area contributed by atoms with Crippen LogP contribution in [0.4, 0.5) is 0 Å². The molecule has 0 aliphatic heterocycles. The van der Waals surface area contributed by atoms with Crippen LogP contribution in [-0.2, 0) is 0 Å². The predicted octanol–water partition coefficient (Wildman–Crippen LogP) is 19.2. The molecule has 0 saturated heterocycles. The van der Waals surface area contributed by atoms with Crippen LogP contribution in [0.2, 0.25) is 0 Å². The van der Waals surface area contributed by atoms with Crippen molar-refractivity contribution >= 4 is 109 Å². The van der Waals surface area contributed by atoms with E-state index in [0.29, 0.717) is 51.7 Å². The van der Waals surface area contributed by atoms with E-state index in [1.807, 2.05) is 60.9 Å². The molecule has 10 nitrogen and oxygen atoms in total. The fourth-order valence-corrected chi connectivity index (χ4v) is 13.0. The first kappa shape index (κ1) is 47.7. The van der Waals surface area contributed by atoms with Gasteiger partial charge in [0.1, 0.15) is 11.2 Å². The molecule has 0 aliphatic carbocycles. The lowest BCUT2D eigenvalue weighted by Crippen LogP contribution is -2.01. The van der Waals surface area contributed by atoms with Crippen LogP contribution in [0.25, 0.3) is 188 Å². The van der Waals surface area contributed by atoms with Crippen molar-refractivity contribution in [3.8, 4) is 79.5 Å². The highest BCUT2D eigenvalue weighted by Gasteiger charge is 2.24. The van der Waals surface area contributed by atoms with Gasteiger partial charge in [0, 0.05) is 78.3 Å². The summed E-state index contributed by atoms with van der Waals surface area (Å²) >= 11 is 0. The number of para-hydroxylation sites is 2. The van der Waals surface area contributed by atoms with Crippen LogP contribution >= 0.6 is 0 Å². The Morgan fingerprint density at radius 1 is 0.221 bits per heavy atom. The lowest BCUT2D eigenvalue weighted by Gasteiger charge is -2.14. The third-order valence-corrected chi connectivity index (χ3v) is 16.9. The van der Waals surface area contributed by atoms with Crippen molar-refractivity contribution in [3.05, 3.63) is 255 Å². The number of nitrogens with zero attached hydrogens (tertiary/aromatic N) is 8. The van der Waals surface area contributed by atoms with Gasteiger partial charge < -0.3 is 8.83 Å². The predicted molar refractivity (Wildman–Crippen MR) is 346 cm³/mol. The van der Waals surface area contributed by atoms with Gasteiger partial charge in [0.05, 0.1) is 12.4 Å². The first-order chi connectivity index (χ1) is 42.6. The van der Waals surface area contributed by atoms with Crippen LogP contribution in [0.3, 0.4) is 0 Å². The lowest BCUT2D eigenvalue weighted by molar-refractivity contribution is 0.667. The van der Waals surface area contributed by atoms with E-state index < -0.39 is 0 Å². The molecule has 0 atom stereocenters. The number of benzene rings is 12. The zero-order chi connectivity index (χ0) is 56.4. The SMILES string of the molecule is c1ccc(-c2nc(-c3cc4c5ccccc5ccc4c4ccccc34)nc(-c3cncc4oc5c(-c6ccc(-c7nc(-c8cncc9oc%10ccccc%10c89)nc(-c8cc9ccccc9c9ccc%10ccccc%10c89)n7)cc6)cccc5c34)n2)cc1. The summed E-state index contributed by atoms with van der Waals surface area (Å²) in [7, 11) is 0. The molecular weight excluding hydrogens is 1060 g/mol. The number of rotatable bonds is 7. The van der Waals surface area contributed by atoms with Crippen LogP contribution in [0, 0.1) is 0 Å². The summed E-state index contributed by atoms with van der Waals surface area (Å²) in [6.07, 6.45) is 7.19. The molecule has 6 aromatic heterocycles. The van der Waals surface area contributed by atoms with E-state index in [2.05, 4.69) is 187 Å². The summed E-state index contributed by atoms with van der Waals surface area (Å²) in [5.41, 5.74) is 9.55. The zero-order valence-electron chi connectivity index (χ0n) is 45.6. The van der Waals surface area contributed by atoms with E-state index >= 15 is 0 Å². The van der Waals surface area contributed by atoms with Crippen molar-refractivity contribution < 1.29 is 8.83 Å². The third kappa shape index (κ3) is 7.46. The summed E-state index contributed by atoms with van der Waals surface area (Å²) in [6.45, 7) is 0. The van der Waals surface area contributed by atoms with Crippen molar-refractivity contribution in [3.63, 3.8) is 0 Å². The summed E-state index contributed by atoms with van der Waals surface area (Å²) in [4.78, 5) is 41.4. The van der Waals surface area contributed by atoms with Gasteiger partial charge in [0.15, 0.2) is 46.1 Å². The highest BCUT2D eigenvalue weighted by Crippen LogP contribution is 2.44. The van der Waals surface area contributed by atoms with Crippen molar-refractivity contribution in [2.75, 3.05) is 0 Å². The largest absolute Gasteiger partial charge is 0.454 e. The Balaban J connectivity index is 0.796. The third-order valence-electron chi connectivity index (χ3n) is 16.9. The summed E-state index contributed by atoms with van der Waals surface area (Å²) < 4.78 is 13.3. The molecule has 0 amide bonds. The number of hydrogen-bond donors (Lipinski definition) is 0. The lowest BCUT2D eigenvalue weighted by atomic mass is 9.92. The molecule has 0 radical (unpaired) electrons. The van der Waals surface area contributed by atoms with Crippen LogP contribution in [0.1, 0.15) is 0 Å². The second-order valence-corrected chi connectivity index (χ2v) is 21.8. The second-order valence-electron chi connectivity index (χ2n) is 21.8. The molecule has 0 bridgehead atoms. The molecule has 86 heavy (non-hydrogen) atoms. The van der Waals surface area contributed by atoms with Gasteiger partial charge in [-0.25, -0.2) is 29.9 Å². The molecule has 0 spiro atoms. The minimum atomic E-state index is 0.483. The quantitative estimate of drug-likeness (QED) is 0.142. The van der Waals surface area contributed by atoms with E-state index in [1.54, 1.807) is 12.4 Å². The number of hydrogen-bond acceptors (Lipinski definition) is 10. The van der Waals surface area contributed by atoms with E-state index in [9.17, 15) is 0 Å². The molecule has 0 unspecified atom stereocenters. The minimum absolute atomic E-state index is 0.483. The van der Waals surface area contributed by atoms with E-state index in [1.165, 1.54) is 16.2 Å². The van der Waals surface area contributed by atoms with Gasteiger partial charge in [-0.05, 0) is 83.0 Å². The zero-order valence-corrected chi connectivity index (χ0v) is 45.6. The molecule has 398 valence electrons. The Bertz CT molecular complexity index is 5860. The first-order valence-electron chi connectivity index (χ1n) is 28.5. The average molecular weight is 1100 g/mol. The number of fused-ring (bicyclic) bond motifs is 16. The average Bonchev–Trinajstić information content (AvgIpc) is 1.17. The maximum Gasteiger partial charge on any atom is 0.166 e. The van der Waals surface area contributed by atoms with Crippen LogP contribution in [-0.4, -0.2) is 39.9 Å². The summed E-state index contributed by atoms with van der Waals surface area (Å²) in [5, 5.41) is 17.1. The Hall–Kier alpha value is -11.9. The van der Waals surface area contributed by atoms with Crippen LogP contribution in [0.5, 0.6) is 0 Å². The number of pyridine rings is 2. The molecule has 18 aromatic rings. The molecule has 6 heterocycles. The molecule has 0 saturated carbocycles. The molecule has 12 aromatic carbocycles. The summed E-state index contributed by atoms with van der Waals surface area (Å²) in [6, 6.07) is 80.0. The van der Waals surface area contributed by atoms with Gasteiger partial charge in [-0.1, -0.05) is 212 Å². The molecular formula is C76H42N8O2. The number of aromatic nitrogens is 8. The van der Waals surface area contributed by atoms with E-state index in [0.717, 1.165) is 120 Å². The Kier molecular flexibility index (Phi) is 10.5. The molecule has 18 rings (SSSR count). The van der Waals surface area contributed by atoms with Crippen LogP contribution < -0.4 is 0 Å². The van der Waals surface area contributed by atoms with Gasteiger partial charge in [-0.15, -0.1) is 0 Å². The highest BCUT2D eigenvalue weighted by atomic mass is 16.3. The van der Waals surface area contributed by atoms with Crippen LogP contribution in [0.15, 0.2) is 264 Å². The van der Waals surface area contributed by atoms with Gasteiger partial charge in [0.25, 0.3) is 0 Å². The van der Waals surface area contributed by atoms with Crippen molar-refractivity contribution in [1.82, 2.24) is 39.9 Å². The molecule has 0 N–H and O–H groups in total. The van der Waals surface area contributed by atoms with Gasteiger partial charge in [0.2, 0.25) is 0 Å². The Morgan fingerprint density at radius 2 is 0.709 bits per heavy atom. The minimum Gasteiger partial charge on any atom is -0.454 e. The molecule has 0 fully saturated rings. The maximum absolute atomic E-state index is 6.90. The van der Waals surface area contributed by atoms with Crippen molar-refractivity contribution in [1.29, 1.82) is 0 Å². The fraction of sp³-hybridized carbons (Fsp3) is 0. The van der Waals surface area contributed by atoms with Crippen molar-refractivity contribution in [2.24, 2.45) is 0 Å². The fourth-order valence-electron chi connectivity index (χ4n) is 13.0. The Labute approximate surface area is 489 Å². The first-order valence-corrected chi connectivity index (χ1v) is 28.5. The standard InChI is InChI=1S/C76H42N8O2/c1-2-17-46(18-3-1)71-79-73(60-38-59-49-20-7-4-15-43(49)33-35-55(59)53-23-10-11-24-54(53)60)83-76(81-71)63-40-78-42-66-69(63)58-27-14-26-52(70(58)86-66)45-29-31-47(32-30-45)72-80-74(84-75(82-72)62-39-77-41-65-68(62)57-25-12-13-28-64(57)85-65)61-37-48-19-6-8-21-50(48)56-36-34-44-16-5-9-22-51(44)67(56)61/h1-42H. The summed E-state index contributed by atoms with van der Waals surface area (Å²) in [5.74, 6) is 3.14. The maximum atomic E-state index is 6.90. The molecule has 10 heteroatoms. The smallest absolute Gasteiger partial charge is 0.166 e. The van der Waals surface area contributed by atoms with E-state index in [4.69, 9.17) is 43.7 Å². The number of furan rings is 2. The Morgan fingerprint density at radius 3 is 1.43 bits per heavy atom. The van der Waals surface area contributed by atoms with E-state index in [-0.39, 0.29) is 0 Å². The topological polar surface area (TPSA) is 129 Å². The van der Waals surface area contributed by atoms with Gasteiger partial charge >= 0.3 is 0 Å². The van der Waals surface area contributed by atoms with Gasteiger partial charge in [-0.3, -0.25) is 9.97 Å². The second kappa shape index (κ2) is 18.8.